The molecule has 0 atom stereocenters. The maximum atomic E-state index is 13.3. The third kappa shape index (κ3) is 4.33. The van der Waals surface area contributed by atoms with Gasteiger partial charge in [-0.15, -0.1) is 0 Å². The molecule has 182 valence electrons. The van der Waals surface area contributed by atoms with Crippen molar-refractivity contribution in [3.8, 4) is 28.1 Å². The number of hydrogen-bond donors (Lipinski definition) is 1. The van der Waals surface area contributed by atoms with E-state index in [2.05, 4.69) is 9.97 Å². The number of aryl methyl sites for hydroxylation is 1. The molecule has 0 spiro atoms. The second kappa shape index (κ2) is 8.83. The highest BCUT2D eigenvalue weighted by Crippen LogP contribution is 2.37. The van der Waals surface area contributed by atoms with Crippen LogP contribution in [0.1, 0.15) is 16.8 Å². The Bertz CT molecular complexity index is 1660. The fourth-order valence-corrected chi connectivity index (χ4v) is 4.28. The summed E-state index contributed by atoms with van der Waals surface area (Å²) in [7, 11) is 0. The van der Waals surface area contributed by atoms with Gasteiger partial charge in [0, 0.05) is 34.9 Å². The van der Waals surface area contributed by atoms with Crippen LogP contribution in [0.3, 0.4) is 0 Å². The van der Waals surface area contributed by atoms with Gasteiger partial charge < -0.3 is 9.67 Å². The highest BCUT2D eigenvalue weighted by atomic mass is 35.5. The molecule has 0 fully saturated rings. The zero-order chi connectivity index (χ0) is 25.6. The summed E-state index contributed by atoms with van der Waals surface area (Å²) in [6.45, 7) is 2.28. The van der Waals surface area contributed by atoms with E-state index in [9.17, 15) is 23.1 Å². The van der Waals surface area contributed by atoms with Gasteiger partial charge in [-0.25, -0.2) is 0 Å². The van der Waals surface area contributed by atoms with E-state index in [1.54, 1.807) is 47.4 Å². The van der Waals surface area contributed by atoms with E-state index < -0.39 is 23.2 Å². The maximum absolute atomic E-state index is 13.3. The molecule has 0 radical (unpaired) electrons. The van der Waals surface area contributed by atoms with E-state index in [0.717, 1.165) is 23.4 Å². The van der Waals surface area contributed by atoms with Crippen molar-refractivity contribution in [1.82, 2.24) is 18.9 Å². The Kier molecular flexibility index (Phi) is 5.80. The lowest BCUT2D eigenvalue weighted by atomic mass is 9.99. The number of alkyl halides is 3. The molecule has 0 aliphatic rings. The molecular formula is C26H18ClF3N4O2. The summed E-state index contributed by atoms with van der Waals surface area (Å²) in [4.78, 5) is 21.8. The Balaban J connectivity index is 1.55. The first-order chi connectivity index (χ1) is 17.1. The predicted molar refractivity (Wildman–Crippen MR) is 130 cm³/mol. The molecule has 5 rings (SSSR count). The molecule has 3 aromatic heterocycles. The summed E-state index contributed by atoms with van der Waals surface area (Å²) < 4.78 is 42.1. The van der Waals surface area contributed by atoms with Crippen LogP contribution >= 0.6 is 11.6 Å². The van der Waals surface area contributed by atoms with Gasteiger partial charge in [0.25, 0.3) is 5.56 Å². The summed E-state index contributed by atoms with van der Waals surface area (Å²) in [5, 5.41) is 10.6. The molecule has 0 aliphatic carbocycles. The molecule has 0 saturated carbocycles. The number of pyridine rings is 1. The van der Waals surface area contributed by atoms with Gasteiger partial charge in [0.1, 0.15) is 5.56 Å². The number of benzene rings is 2. The molecule has 0 unspecified atom stereocenters. The Hall–Kier alpha value is -4.11. The fraction of sp³-hybridized carbons (Fsp3) is 0.115. The Morgan fingerprint density at radius 3 is 2.50 bits per heavy atom. The quantitative estimate of drug-likeness (QED) is 0.324. The van der Waals surface area contributed by atoms with Crippen LogP contribution in [0.4, 0.5) is 13.2 Å². The zero-order valence-corrected chi connectivity index (χ0v) is 19.5. The first-order valence-electron chi connectivity index (χ1n) is 10.8. The lowest BCUT2D eigenvalue weighted by molar-refractivity contribution is -0.137. The number of hydrogen-bond acceptors (Lipinski definition) is 4. The van der Waals surface area contributed by atoms with Gasteiger partial charge in [0.2, 0.25) is 11.7 Å². The molecule has 0 aliphatic heterocycles. The van der Waals surface area contributed by atoms with Crippen LogP contribution in [0, 0.1) is 6.92 Å². The average molecular weight is 511 g/mol. The van der Waals surface area contributed by atoms with Crippen LogP contribution < -0.4 is 5.56 Å². The minimum atomic E-state index is -4.52. The minimum absolute atomic E-state index is 0.0351. The number of rotatable bonds is 4. The molecule has 0 saturated heterocycles. The number of imidazole rings is 1. The summed E-state index contributed by atoms with van der Waals surface area (Å²) in [6.07, 6.45) is 0.463. The van der Waals surface area contributed by atoms with Gasteiger partial charge in [0.05, 0.1) is 12.1 Å². The lowest BCUT2D eigenvalue weighted by Gasteiger charge is -2.12. The number of fused-ring (bicyclic) bond motifs is 1. The third-order valence-corrected chi connectivity index (χ3v) is 6.13. The van der Waals surface area contributed by atoms with Crippen LogP contribution in [0.5, 0.6) is 5.88 Å². The molecule has 10 heteroatoms. The van der Waals surface area contributed by atoms with Crippen LogP contribution in [-0.4, -0.2) is 24.0 Å². The standard InChI is InChI=1S/C26H18ClF3N4O2/c1-15-5-6-16(13-31-15)14-33-9-10-34-24(36)22(23(35)32-25(33)34)18-4-2-3-17(11-18)20-8-7-19(12-21(20)27)26(28,29)30/h2-13,35H,14H2,1H3. The second-order valence-corrected chi connectivity index (χ2v) is 8.70. The van der Waals surface area contributed by atoms with Crippen molar-refractivity contribution in [2.45, 2.75) is 19.6 Å². The smallest absolute Gasteiger partial charge is 0.416 e. The summed E-state index contributed by atoms with van der Waals surface area (Å²) in [5.41, 5.74) is 1.59. The van der Waals surface area contributed by atoms with Crippen molar-refractivity contribution in [2.24, 2.45) is 0 Å². The van der Waals surface area contributed by atoms with Crippen molar-refractivity contribution >= 4 is 17.4 Å². The van der Waals surface area contributed by atoms with Gasteiger partial charge in [-0.05, 0) is 47.9 Å². The normalized spacial score (nSPS) is 11.8. The van der Waals surface area contributed by atoms with Crippen molar-refractivity contribution in [3.05, 3.63) is 105 Å². The fourth-order valence-electron chi connectivity index (χ4n) is 3.99. The Morgan fingerprint density at radius 1 is 1.03 bits per heavy atom. The molecule has 0 amide bonds. The number of halogens is 4. The number of aromatic hydroxyl groups is 1. The monoisotopic (exact) mass is 510 g/mol. The first kappa shape index (κ1) is 23.6. The second-order valence-electron chi connectivity index (χ2n) is 8.29. The molecule has 6 nitrogen and oxygen atoms in total. The van der Waals surface area contributed by atoms with Crippen molar-refractivity contribution in [3.63, 3.8) is 0 Å². The molecule has 0 bridgehead atoms. The topological polar surface area (TPSA) is 72.4 Å². The Labute approximate surface area is 207 Å². The van der Waals surface area contributed by atoms with E-state index >= 15 is 0 Å². The van der Waals surface area contributed by atoms with E-state index in [1.165, 1.54) is 10.5 Å². The molecule has 2 aromatic carbocycles. The first-order valence-corrected chi connectivity index (χ1v) is 11.2. The molecule has 36 heavy (non-hydrogen) atoms. The van der Waals surface area contributed by atoms with Crippen molar-refractivity contribution in [2.75, 3.05) is 0 Å². The number of aromatic nitrogens is 4. The van der Waals surface area contributed by atoms with Gasteiger partial charge in [-0.1, -0.05) is 41.9 Å². The minimum Gasteiger partial charge on any atom is -0.493 e. The molecular weight excluding hydrogens is 493 g/mol. The van der Waals surface area contributed by atoms with Crippen LogP contribution in [-0.2, 0) is 12.7 Å². The predicted octanol–water partition coefficient (Wildman–Crippen LogP) is 5.96. The van der Waals surface area contributed by atoms with Crippen LogP contribution in [0.2, 0.25) is 5.02 Å². The van der Waals surface area contributed by atoms with Crippen molar-refractivity contribution < 1.29 is 18.3 Å². The zero-order valence-electron chi connectivity index (χ0n) is 18.8. The van der Waals surface area contributed by atoms with Crippen LogP contribution in [0.15, 0.2) is 78.0 Å². The van der Waals surface area contributed by atoms with E-state index in [0.29, 0.717) is 23.2 Å². The Morgan fingerprint density at radius 2 is 1.81 bits per heavy atom. The molecule has 5 aromatic rings. The summed E-state index contributed by atoms with van der Waals surface area (Å²) >= 11 is 6.15. The molecule has 3 heterocycles. The largest absolute Gasteiger partial charge is 0.493 e. The number of nitrogens with zero attached hydrogens (tertiary/aromatic N) is 4. The van der Waals surface area contributed by atoms with Crippen LogP contribution in [0.25, 0.3) is 28.0 Å². The highest BCUT2D eigenvalue weighted by Gasteiger charge is 2.31. The third-order valence-electron chi connectivity index (χ3n) is 5.81. The van der Waals surface area contributed by atoms with E-state index in [4.69, 9.17) is 11.6 Å². The SMILES string of the molecule is Cc1ccc(Cn2ccn3c(=O)c(-c4cccc(-c5ccc(C(F)(F)F)cc5Cl)c4)c(O)nc23)cn1. The summed E-state index contributed by atoms with van der Waals surface area (Å²) in [6, 6.07) is 13.4. The van der Waals surface area contributed by atoms with Gasteiger partial charge in [0.15, 0.2) is 0 Å². The maximum Gasteiger partial charge on any atom is 0.416 e. The average Bonchev–Trinajstić information content (AvgIpc) is 3.22. The molecule has 1 N–H and O–H groups in total. The van der Waals surface area contributed by atoms with E-state index in [-0.39, 0.29) is 16.4 Å². The van der Waals surface area contributed by atoms with E-state index in [1.807, 2.05) is 19.1 Å². The van der Waals surface area contributed by atoms with Gasteiger partial charge >= 0.3 is 6.18 Å². The van der Waals surface area contributed by atoms with Crippen molar-refractivity contribution in [1.29, 1.82) is 0 Å². The van der Waals surface area contributed by atoms with Gasteiger partial charge in [-0.2, -0.15) is 18.2 Å². The van der Waals surface area contributed by atoms with Gasteiger partial charge in [-0.3, -0.25) is 14.2 Å². The lowest BCUT2D eigenvalue weighted by Crippen LogP contribution is -2.17. The highest BCUT2D eigenvalue weighted by molar-refractivity contribution is 6.33. The summed E-state index contributed by atoms with van der Waals surface area (Å²) in [5.74, 6) is -0.207.